The van der Waals surface area contributed by atoms with Crippen molar-refractivity contribution < 1.29 is 8.78 Å². The summed E-state index contributed by atoms with van der Waals surface area (Å²) in [5.74, 6) is -0.446. The van der Waals surface area contributed by atoms with E-state index in [0.717, 1.165) is 54.6 Å². The van der Waals surface area contributed by atoms with Gasteiger partial charge in [-0.2, -0.15) is 0 Å². The topological polar surface area (TPSA) is 21.1 Å². The van der Waals surface area contributed by atoms with Gasteiger partial charge < -0.3 is 4.57 Å². The molecule has 0 amide bonds. The maximum absolute atomic E-state index is 14.1. The van der Waals surface area contributed by atoms with Crippen molar-refractivity contribution in [3.05, 3.63) is 101 Å². The Morgan fingerprint density at radius 1 is 0.933 bits per heavy atom. The lowest BCUT2D eigenvalue weighted by Crippen LogP contribution is -2.33. The van der Waals surface area contributed by atoms with Gasteiger partial charge in [0, 0.05) is 67.5 Å². The van der Waals surface area contributed by atoms with E-state index in [0.29, 0.717) is 6.54 Å². The summed E-state index contributed by atoms with van der Waals surface area (Å²) < 4.78 is 29.7. The molecule has 0 bridgehead atoms. The van der Waals surface area contributed by atoms with Crippen LogP contribution in [0.15, 0.2) is 66.9 Å². The maximum Gasteiger partial charge on any atom is 0.123 e. The van der Waals surface area contributed by atoms with Crippen molar-refractivity contribution in [1.82, 2.24) is 14.5 Å². The molecule has 2 aromatic carbocycles. The molecular formula is C25H23F2N3. The van der Waals surface area contributed by atoms with Gasteiger partial charge in [0.1, 0.15) is 11.6 Å². The Bertz CT molecular complexity index is 1170. The molecule has 0 saturated carbocycles. The highest BCUT2D eigenvalue weighted by molar-refractivity contribution is 5.86. The van der Waals surface area contributed by atoms with Gasteiger partial charge in [-0.3, -0.25) is 9.88 Å². The molecule has 0 radical (unpaired) electrons. The van der Waals surface area contributed by atoms with Crippen LogP contribution in [0.5, 0.6) is 0 Å². The van der Waals surface area contributed by atoms with Gasteiger partial charge in [-0.15, -0.1) is 0 Å². The molecule has 0 aliphatic carbocycles. The first kappa shape index (κ1) is 18.9. The van der Waals surface area contributed by atoms with Crippen molar-refractivity contribution in [1.29, 1.82) is 0 Å². The van der Waals surface area contributed by atoms with Crippen LogP contribution in [-0.4, -0.2) is 27.5 Å². The average molecular weight is 403 g/mol. The summed E-state index contributed by atoms with van der Waals surface area (Å²) in [6.45, 7) is 3.35. The van der Waals surface area contributed by atoms with Gasteiger partial charge in [0.2, 0.25) is 0 Å². The van der Waals surface area contributed by atoms with Gasteiger partial charge in [-0.05, 0) is 53.6 Å². The molecule has 4 aromatic rings. The Kier molecular flexibility index (Phi) is 5.05. The zero-order chi connectivity index (χ0) is 20.5. The first-order valence-corrected chi connectivity index (χ1v) is 10.3. The Morgan fingerprint density at radius 2 is 1.77 bits per heavy atom. The summed E-state index contributed by atoms with van der Waals surface area (Å²) in [7, 11) is 0. The lowest BCUT2D eigenvalue weighted by molar-refractivity contribution is 0.254. The van der Waals surface area contributed by atoms with Crippen molar-refractivity contribution in [2.24, 2.45) is 0 Å². The molecule has 5 rings (SSSR count). The highest BCUT2D eigenvalue weighted by Gasteiger charge is 2.24. The minimum Gasteiger partial charge on any atom is -0.340 e. The van der Waals surface area contributed by atoms with Crippen LogP contribution < -0.4 is 0 Å². The van der Waals surface area contributed by atoms with E-state index in [2.05, 4.69) is 20.5 Å². The zero-order valence-corrected chi connectivity index (χ0v) is 16.7. The molecule has 30 heavy (non-hydrogen) atoms. The summed E-state index contributed by atoms with van der Waals surface area (Å²) in [5, 5.41) is 0.981. The smallest absolute Gasteiger partial charge is 0.123 e. The third-order valence-corrected chi connectivity index (χ3v) is 5.96. The first-order chi connectivity index (χ1) is 14.7. The molecule has 1 aliphatic rings. The molecule has 0 N–H and O–H groups in total. The fraction of sp³-hybridized carbons (Fsp3) is 0.240. The second-order valence-corrected chi connectivity index (χ2v) is 7.90. The number of benzene rings is 2. The van der Waals surface area contributed by atoms with Crippen molar-refractivity contribution in [3.8, 4) is 0 Å². The molecule has 3 nitrogen and oxygen atoms in total. The van der Waals surface area contributed by atoms with Gasteiger partial charge in [0.05, 0.1) is 0 Å². The van der Waals surface area contributed by atoms with Gasteiger partial charge in [0.25, 0.3) is 0 Å². The standard InChI is InChI=1S/C25H23F2N3/c26-19-6-4-18(5-7-19)16-30-24-9-8-20(27)15-22(24)23-17-29(14-11-25(23)30)13-10-21-3-1-2-12-28-21/h1-9,12,15H,10-11,13-14,16-17H2. The Morgan fingerprint density at radius 3 is 2.57 bits per heavy atom. The number of aromatic nitrogens is 2. The molecule has 5 heteroatoms. The Labute approximate surface area is 174 Å². The lowest BCUT2D eigenvalue weighted by Gasteiger charge is -2.28. The van der Waals surface area contributed by atoms with E-state index in [1.54, 1.807) is 6.07 Å². The van der Waals surface area contributed by atoms with E-state index in [-0.39, 0.29) is 11.6 Å². The molecule has 0 spiro atoms. The average Bonchev–Trinajstić information content (AvgIpc) is 3.07. The lowest BCUT2D eigenvalue weighted by atomic mass is 10.0. The number of fused-ring (bicyclic) bond motifs is 3. The summed E-state index contributed by atoms with van der Waals surface area (Å²) in [6.07, 6.45) is 3.64. The molecule has 152 valence electrons. The molecule has 0 saturated heterocycles. The molecule has 2 aromatic heterocycles. The maximum atomic E-state index is 14.1. The third-order valence-electron chi connectivity index (χ3n) is 5.96. The molecule has 0 atom stereocenters. The van der Waals surface area contributed by atoms with Crippen molar-refractivity contribution in [3.63, 3.8) is 0 Å². The van der Waals surface area contributed by atoms with E-state index in [1.165, 1.54) is 29.5 Å². The fourth-order valence-electron chi connectivity index (χ4n) is 4.44. The van der Waals surface area contributed by atoms with Crippen LogP contribution in [0, 0.1) is 11.6 Å². The van der Waals surface area contributed by atoms with E-state index >= 15 is 0 Å². The Balaban J connectivity index is 1.45. The van der Waals surface area contributed by atoms with Crippen LogP contribution >= 0.6 is 0 Å². The largest absolute Gasteiger partial charge is 0.340 e. The predicted octanol–water partition coefficient (Wildman–Crippen LogP) is 4.96. The molecule has 0 fully saturated rings. The van der Waals surface area contributed by atoms with Crippen LogP contribution in [-0.2, 0) is 25.9 Å². The predicted molar refractivity (Wildman–Crippen MR) is 114 cm³/mol. The minimum atomic E-state index is -0.233. The van der Waals surface area contributed by atoms with E-state index in [1.807, 2.05) is 36.5 Å². The summed E-state index contributed by atoms with van der Waals surface area (Å²) in [6, 6.07) is 17.7. The SMILES string of the molecule is Fc1ccc(Cn2c3c(c4cc(F)ccc42)CN(CCc2ccccn2)CC3)cc1. The quantitative estimate of drug-likeness (QED) is 0.469. The highest BCUT2D eigenvalue weighted by atomic mass is 19.1. The van der Waals surface area contributed by atoms with E-state index in [4.69, 9.17) is 0 Å². The van der Waals surface area contributed by atoms with Gasteiger partial charge in [0.15, 0.2) is 0 Å². The zero-order valence-electron chi connectivity index (χ0n) is 16.7. The van der Waals surface area contributed by atoms with Crippen LogP contribution in [0.4, 0.5) is 8.78 Å². The number of halogens is 2. The number of pyridine rings is 1. The Hall–Kier alpha value is -3.05. The summed E-state index contributed by atoms with van der Waals surface area (Å²) in [4.78, 5) is 6.84. The van der Waals surface area contributed by atoms with E-state index < -0.39 is 0 Å². The molecule has 3 heterocycles. The highest BCUT2D eigenvalue weighted by Crippen LogP contribution is 2.32. The van der Waals surface area contributed by atoms with E-state index in [9.17, 15) is 8.78 Å². The normalized spacial score (nSPS) is 14.2. The minimum absolute atomic E-state index is 0.213. The van der Waals surface area contributed by atoms with Gasteiger partial charge in [-0.1, -0.05) is 18.2 Å². The van der Waals surface area contributed by atoms with Crippen LogP contribution in [0.1, 0.15) is 22.5 Å². The summed E-state index contributed by atoms with van der Waals surface area (Å²) in [5.41, 5.74) is 5.64. The fourth-order valence-corrected chi connectivity index (χ4v) is 4.44. The monoisotopic (exact) mass is 403 g/mol. The van der Waals surface area contributed by atoms with Crippen LogP contribution in [0.25, 0.3) is 10.9 Å². The second kappa shape index (κ2) is 8.00. The molecule has 0 unspecified atom stereocenters. The summed E-state index contributed by atoms with van der Waals surface area (Å²) >= 11 is 0. The first-order valence-electron chi connectivity index (χ1n) is 10.3. The number of rotatable bonds is 5. The number of hydrogen-bond donors (Lipinski definition) is 0. The van der Waals surface area contributed by atoms with Gasteiger partial charge >= 0.3 is 0 Å². The number of nitrogens with zero attached hydrogens (tertiary/aromatic N) is 3. The third kappa shape index (κ3) is 3.73. The molecule has 1 aliphatic heterocycles. The van der Waals surface area contributed by atoms with Crippen molar-refractivity contribution >= 4 is 10.9 Å². The number of hydrogen-bond acceptors (Lipinski definition) is 2. The second-order valence-electron chi connectivity index (χ2n) is 7.90. The van der Waals surface area contributed by atoms with Crippen molar-refractivity contribution in [2.75, 3.05) is 13.1 Å². The van der Waals surface area contributed by atoms with Crippen molar-refractivity contribution in [2.45, 2.75) is 25.9 Å². The molecular weight excluding hydrogens is 380 g/mol. The van der Waals surface area contributed by atoms with Crippen LogP contribution in [0.2, 0.25) is 0 Å². The van der Waals surface area contributed by atoms with Gasteiger partial charge in [-0.25, -0.2) is 8.78 Å². The van der Waals surface area contributed by atoms with Crippen LogP contribution in [0.3, 0.4) is 0 Å².